The maximum atomic E-state index is 3.69. The summed E-state index contributed by atoms with van der Waals surface area (Å²) in [5.74, 6) is 0.764. The van der Waals surface area contributed by atoms with Gasteiger partial charge < -0.3 is 0 Å². The molecule has 1 heterocycles. The number of nitrogens with one attached hydrogen (secondary N) is 1. The maximum Gasteiger partial charge on any atom is 0.174 e. The van der Waals surface area contributed by atoms with E-state index in [1.54, 1.807) is 0 Å². The van der Waals surface area contributed by atoms with Gasteiger partial charge in [-0.1, -0.05) is 12.1 Å². The molecule has 0 unspecified atom stereocenters. The van der Waals surface area contributed by atoms with Crippen molar-refractivity contribution in [2.45, 2.75) is 13.3 Å². The maximum absolute atomic E-state index is 3.69. The predicted molar refractivity (Wildman–Crippen MR) is 25.7 cm³/mol. The van der Waals surface area contributed by atoms with Crippen LogP contribution in [-0.4, -0.2) is 20.6 Å². The summed E-state index contributed by atoms with van der Waals surface area (Å²) < 4.78 is 0. The predicted octanol–water partition coefficient (Wildman–Crippen LogP) is 0.00810. The zero-order valence-corrected chi connectivity index (χ0v) is 4.05. The van der Waals surface area contributed by atoms with Gasteiger partial charge in [-0.3, -0.25) is 0 Å². The van der Waals surface area contributed by atoms with E-state index in [4.69, 9.17) is 0 Å². The molecule has 1 rings (SSSR count). The molecular formula is C3H8N4. The third-order valence-corrected chi connectivity index (χ3v) is 0.705. The number of hydrogen-bond donors (Lipinski definition) is 1. The molecule has 0 aliphatic rings. The number of H-pyrrole nitrogens is 1. The fourth-order valence-corrected chi connectivity index (χ4v) is 0.332. The van der Waals surface area contributed by atoms with Crippen molar-refractivity contribution in [1.29, 1.82) is 0 Å². The quantitative estimate of drug-likeness (QED) is 0.540. The summed E-state index contributed by atoms with van der Waals surface area (Å²) in [7, 11) is 0. The van der Waals surface area contributed by atoms with Crippen LogP contribution in [0.15, 0.2) is 0 Å². The Kier molecular flexibility index (Phi) is 1.02. The van der Waals surface area contributed by atoms with E-state index in [2.05, 4.69) is 20.6 Å². The molecule has 1 N–H and O–H groups in total. The number of aryl methyl sites for hydroxylation is 1. The van der Waals surface area contributed by atoms with Crippen LogP contribution in [0.5, 0.6) is 0 Å². The first-order valence-electron chi connectivity index (χ1n) is 2.16. The molecule has 0 saturated heterocycles. The molecule has 0 aliphatic carbocycles. The highest BCUT2D eigenvalue weighted by molar-refractivity contribution is 4.71. The molecule has 0 fully saturated rings. The summed E-state index contributed by atoms with van der Waals surface area (Å²) in [6.45, 7) is 1.98. The molecular weight excluding hydrogens is 92.1 g/mol. The molecule has 0 saturated carbocycles. The Hall–Kier alpha value is -0.930. The van der Waals surface area contributed by atoms with Crippen LogP contribution in [0.1, 0.15) is 14.2 Å². The largest absolute Gasteiger partial charge is 0.177 e. The van der Waals surface area contributed by atoms with E-state index in [-0.39, 0.29) is 1.43 Å². The third kappa shape index (κ3) is 0.734. The molecule has 0 amide bonds. The van der Waals surface area contributed by atoms with Crippen LogP contribution in [0.2, 0.25) is 0 Å². The van der Waals surface area contributed by atoms with Crippen LogP contribution in [-0.2, 0) is 6.42 Å². The lowest BCUT2D eigenvalue weighted by molar-refractivity contribution is 0.881. The molecule has 1 aromatic heterocycles. The molecule has 1 aromatic rings. The highest BCUT2D eigenvalue weighted by Crippen LogP contribution is 1.79. The van der Waals surface area contributed by atoms with Crippen LogP contribution in [0.25, 0.3) is 0 Å². The van der Waals surface area contributed by atoms with Crippen LogP contribution >= 0.6 is 0 Å². The molecule has 4 heteroatoms. The van der Waals surface area contributed by atoms with Crippen molar-refractivity contribution < 1.29 is 1.43 Å². The molecule has 0 radical (unpaired) electrons. The summed E-state index contributed by atoms with van der Waals surface area (Å²) in [5, 5.41) is 13.1. The van der Waals surface area contributed by atoms with E-state index in [0.29, 0.717) is 0 Å². The Morgan fingerprint density at radius 2 is 2.71 bits per heavy atom. The standard InChI is InChI=1S/C3H6N4.H2/c1-2-3-4-6-7-5-3;/h2H2,1H3,(H,4,5,6,7);1H. The third-order valence-electron chi connectivity index (χ3n) is 0.705. The van der Waals surface area contributed by atoms with E-state index in [9.17, 15) is 0 Å². The van der Waals surface area contributed by atoms with Crippen molar-refractivity contribution in [1.82, 2.24) is 20.6 Å². The lowest BCUT2D eigenvalue weighted by Crippen LogP contribution is -1.80. The van der Waals surface area contributed by atoms with Gasteiger partial charge >= 0.3 is 0 Å². The van der Waals surface area contributed by atoms with Crippen molar-refractivity contribution in [3.8, 4) is 0 Å². The molecule has 40 valence electrons. The van der Waals surface area contributed by atoms with Gasteiger partial charge in [0, 0.05) is 7.85 Å². The van der Waals surface area contributed by atoms with E-state index in [0.717, 1.165) is 12.2 Å². The van der Waals surface area contributed by atoms with Crippen molar-refractivity contribution in [3.05, 3.63) is 5.82 Å². The molecule has 0 aliphatic heterocycles. The summed E-state index contributed by atoms with van der Waals surface area (Å²) in [5.41, 5.74) is 0. The second-order valence-corrected chi connectivity index (χ2v) is 1.18. The zero-order valence-electron chi connectivity index (χ0n) is 4.05. The summed E-state index contributed by atoms with van der Waals surface area (Å²) in [4.78, 5) is 0. The Labute approximate surface area is 42.4 Å². The second kappa shape index (κ2) is 1.68. The molecule has 0 atom stereocenters. The van der Waals surface area contributed by atoms with Gasteiger partial charge in [0.15, 0.2) is 5.82 Å². The van der Waals surface area contributed by atoms with Crippen molar-refractivity contribution in [2.24, 2.45) is 0 Å². The summed E-state index contributed by atoms with van der Waals surface area (Å²) in [6, 6.07) is 0. The molecule has 0 spiro atoms. The van der Waals surface area contributed by atoms with E-state index < -0.39 is 0 Å². The van der Waals surface area contributed by atoms with E-state index in [1.807, 2.05) is 6.92 Å². The normalized spacial score (nSPS) is 9.29. The molecule has 4 nitrogen and oxygen atoms in total. The van der Waals surface area contributed by atoms with Gasteiger partial charge in [0.25, 0.3) is 0 Å². The van der Waals surface area contributed by atoms with Crippen molar-refractivity contribution >= 4 is 0 Å². The van der Waals surface area contributed by atoms with Crippen molar-refractivity contribution in [2.75, 3.05) is 0 Å². The number of rotatable bonds is 1. The fraction of sp³-hybridized carbons (Fsp3) is 0.667. The van der Waals surface area contributed by atoms with Gasteiger partial charge in [-0.2, -0.15) is 5.21 Å². The number of tetrazole rings is 1. The van der Waals surface area contributed by atoms with Crippen molar-refractivity contribution in [3.63, 3.8) is 0 Å². The number of hydrogen-bond acceptors (Lipinski definition) is 3. The Balaban J connectivity index is 0.000000490. The van der Waals surface area contributed by atoms with Crippen LogP contribution in [0.4, 0.5) is 0 Å². The number of aromatic nitrogens is 4. The van der Waals surface area contributed by atoms with Crippen LogP contribution in [0, 0.1) is 0 Å². The van der Waals surface area contributed by atoms with Gasteiger partial charge in [-0.05, 0) is 0 Å². The Morgan fingerprint density at radius 1 is 1.86 bits per heavy atom. The zero-order chi connectivity index (χ0) is 5.11. The summed E-state index contributed by atoms with van der Waals surface area (Å²) >= 11 is 0. The monoisotopic (exact) mass is 100 g/mol. The highest BCUT2D eigenvalue weighted by atomic mass is 15.5. The molecule has 0 aromatic carbocycles. The topological polar surface area (TPSA) is 54.5 Å². The SMILES string of the molecule is CCc1nn[nH]n1.[HH]. The van der Waals surface area contributed by atoms with Crippen LogP contribution < -0.4 is 0 Å². The minimum Gasteiger partial charge on any atom is -0.177 e. The highest BCUT2D eigenvalue weighted by Gasteiger charge is 1.87. The lowest BCUT2D eigenvalue weighted by Gasteiger charge is -1.72. The first-order valence-corrected chi connectivity index (χ1v) is 2.16. The van der Waals surface area contributed by atoms with Gasteiger partial charge in [-0.25, -0.2) is 0 Å². The van der Waals surface area contributed by atoms with Gasteiger partial charge in [0.2, 0.25) is 0 Å². The number of aromatic amines is 1. The van der Waals surface area contributed by atoms with Gasteiger partial charge in [0.1, 0.15) is 0 Å². The second-order valence-electron chi connectivity index (χ2n) is 1.18. The molecule has 7 heavy (non-hydrogen) atoms. The van der Waals surface area contributed by atoms with Crippen LogP contribution in [0.3, 0.4) is 0 Å². The first kappa shape index (κ1) is 4.23. The van der Waals surface area contributed by atoms with Gasteiger partial charge in [0.05, 0.1) is 0 Å². The van der Waals surface area contributed by atoms with Gasteiger partial charge in [-0.15, -0.1) is 10.2 Å². The summed E-state index contributed by atoms with van der Waals surface area (Å²) in [6.07, 6.45) is 0.844. The first-order chi connectivity index (χ1) is 3.43. The smallest absolute Gasteiger partial charge is 0.174 e. The Morgan fingerprint density at radius 3 is 3.00 bits per heavy atom. The lowest BCUT2D eigenvalue weighted by atomic mass is 10.5. The minimum atomic E-state index is 0. The minimum absolute atomic E-state index is 0. The fourth-order valence-electron chi connectivity index (χ4n) is 0.332. The molecule has 0 bridgehead atoms. The van der Waals surface area contributed by atoms with E-state index in [1.165, 1.54) is 0 Å². The average molecular weight is 100 g/mol. The van der Waals surface area contributed by atoms with E-state index >= 15 is 0 Å². The average Bonchev–Trinajstić information content (AvgIpc) is 2.14. The number of nitrogens with zero attached hydrogens (tertiary/aromatic N) is 3. The Bertz CT molecular complexity index is 126.